The molecule has 0 radical (unpaired) electrons. The average Bonchev–Trinajstić information content (AvgIpc) is 2.60. The van der Waals surface area contributed by atoms with Crippen LogP contribution in [-0.4, -0.2) is 14.8 Å². The number of nitrogens with zero attached hydrogens (tertiary/aromatic N) is 4. The van der Waals surface area contributed by atoms with Crippen molar-refractivity contribution in [2.24, 2.45) is 5.92 Å². The number of hydrogen-bond acceptors (Lipinski definition) is 3. The van der Waals surface area contributed by atoms with E-state index in [-0.39, 0.29) is 0 Å². The summed E-state index contributed by atoms with van der Waals surface area (Å²) in [5, 5.41) is 13.9. The second-order valence-corrected chi connectivity index (χ2v) is 3.97. The number of fused-ring (bicyclic) bond motifs is 1. The summed E-state index contributed by atoms with van der Waals surface area (Å²) in [6.45, 7) is 5.12. The molecule has 0 saturated carbocycles. The van der Waals surface area contributed by atoms with Gasteiger partial charge in [-0.05, 0) is 12.0 Å². The van der Waals surface area contributed by atoms with E-state index in [9.17, 15) is 0 Å². The van der Waals surface area contributed by atoms with Crippen molar-refractivity contribution >= 4 is 11.0 Å². The monoisotopic (exact) mass is 200 g/mol. The summed E-state index contributed by atoms with van der Waals surface area (Å²) < 4.78 is 1.88. The van der Waals surface area contributed by atoms with E-state index in [4.69, 9.17) is 5.26 Å². The number of aromatic nitrogens is 3. The van der Waals surface area contributed by atoms with Crippen molar-refractivity contribution in [3.8, 4) is 6.07 Å². The lowest BCUT2D eigenvalue weighted by molar-refractivity contribution is 0.492. The minimum absolute atomic E-state index is 0.533. The van der Waals surface area contributed by atoms with Crippen molar-refractivity contribution in [1.82, 2.24) is 14.8 Å². The predicted octanol–water partition coefficient (Wildman–Crippen LogP) is 1.96. The van der Waals surface area contributed by atoms with Crippen molar-refractivity contribution in [2.75, 3.05) is 0 Å². The van der Waals surface area contributed by atoms with Gasteiger partial charge in [-0.25, -0.2) is 9.67 Å². The van der Waals surface area contributed by atoms with E-state index in [2.05, 4.69) is 30.0 Å². The highest BCUT2D eigenvalue weighted by Gasteiger charge is 2.06. The molecule has 0 bridgehead atoms. The maximum absolute atomic E-state index is 8.73. The summed E-state index contributed by atoms with van der Waals surface area (Å²) in [7, 11) is 0. The van der Waals surface area contributed by atoms with Gasteiger partial charge in [0.05, 0.1) is 11.8 Å². The van der Waals surface area contributed by atoms with Gasteiger partial charge in [-0.3, -0.25) is 0 Å². The molecule has 0 aliphatic rings. The van der Waals surface area contributed by atoms with Crippen molar-refractivity contribution in [1.29, 1.82) is 5.26 Å². The zero-order valence-corrected chi connectivity index (χ0v) is 8.81. The highest BCUT2D eigenvalue weighted by molar-refractivity contribution is 5.75. The van der Waals surface area contributed by atoms with Crippen molar-refractivity contribution in [2.45, 2.75) is 20.4 Å². The SMILES string of the molecule is CC(C)Cn1ncc2cc(C#N)cnc21. The van der Waals surface area contributed by atoms with Crippen LogP contribution in [0.4, 0.5) is 0 Å². The molecule has 0 fully saturated rings. The lowest BCUT2D eigenvalue weighted by atomic mass is 10.2. The van der Waals surface area contributed by atoms with Crippen LogP contribution >= 0.6 is 0 Å². The van der Waals surface area contributed by atoms with Gasteiger partial charge in [0.2, 0.25) is 0 Å². The van der Waals surface area contributed by atoms with Crippen LogP contribution in [0, 0.1) is 17.2 Å². The normalized spacial score (nSPS) is 10.8. The van der Waals surface area contributed by atoms with Crippen molar-refractivity contribution in [3.05, 3.63) is 24.0 Å². The van der Waals surface area contributed by atoms with E-state index >= 15 is 0 Å². The zero-order chi connectivity index (χ0) is 10.8. The molecule has 0 aromatic carbocycles. The molecule has 4 nitrogen and oxygen atoms in total. The summed E-state index contributed by atoms with van der Waals surface area (Å²) in [5.74, 6) is 0.533. The molecule has 15 heavy (non-hydrogen) atoms. The minimum Gasteiger partial charge on any atom is -0.247 e. The molecular formula is C11H12N4. The molecule has 2 aromatic rings. The van der Waals surface area contributed by atoms with E-state index in [0.717, 1.165) is 17.6 Å². The van der Waals surface area contributed by atoms with E-state index in [1.165, 1.54) is 0 Å². The summed E-state index contributed by atoms with van der Waals surface area (Å²) in [4.78, 5) is 4.24. The van der Waals surface area contributed by atoms with Crippen LogP contribution in [0.15, 0.2) is 18.5 Å². The lowest BCUT2D eigenvalue weighted by Gasteiger charge is -2.05. The highest BCUT2D eigenvalue weighted by Crippen LogP contribution is 2.13. The third-order valence-electron chi connectivity index (χ3n) is 2.14. The van der Waals surface area contributed by atoms with Crippen LogP contribution in [0.5, 0.6) is 0 Å². The molecule has 0 spiro atoms. The first kappa shape index (κ1) is 9.66. The summed E-state index contributed by atoms with van der Waals surface area (Å²) in [6.07, 6.45) is 3.34. The van der Waals surface area contributed by atoms with Crippen LogP contribution in [0.3, 0.4) is 0 Å². The molecule has 0 N–H and O–H groups in total. The first-order valence-electron chi connectivity index (χ1n) is 4.92. The van der Waals surface area contributed by atoms with E-state index in [1.807, 2.05) is 10.7 Å². The first-order chi connectivity index (χ1) is 7.20. The number of pyridine rings is 1. The van der Waals surface area contributed by atoms with Gasteiger partial charge < -0.3 is 0 Å². The van der Waals surface area contributed by atoms with Gasteiger partial charge >= 0.3 is 0 Å². The van der Waals surface area contributed by atoms with Gasteiger partial charge in [0, 0.05) is 18.1 Å². The Morgan fingerprint density at radius 3 is 2.93 bits per heavy atom. The Bertz CT molecular complexity index is 519. The van der Waals surface area contributed by atoms with Gasteiger partial charge in [-0.1, -0.05) is 13.8 Å². The summed E-state index contributed by atoms with van der Waals surface area (Å²) in [5.41, 5.74) is 1.43. The molecule has 2 heterocycles. The predicted molar refractivity (Wildman–Crippen MR) is 57.1 cm³/mol. The number of nitriles is 1. The topological polar surface area (TPSA) is 54.5 Å². The van der Waals surface area contributed by atoms with E-state index in [1.54, 1.807) is 12.4 Å². The van der Waals surface area contributed by atoms with Crippen LogP contribution in [0.25, 0.3) is 11.0 Å². The molecule has 0 aliphatic heterocycles. The van der Waals surface area contributed by atoms with E-state index < -0.39 is 0 Å². The molecule has 76 valence electrons. The number of hydrogen-bond donors (Lipinski definition) is 0. The van der Waals surface area contributed by atoms with E-state index in [0.29, 0.717) is 11.5 Å². The van der Waals surface area contributed by atoms with Crippen molar-refractivity contribution in [3.63, 3.8) is 0 Å². The smallest absolute Gasteiger partial charge is 0.157 e. The molecule has 0 aliphatic carbocycles. The van der Waals surface area contributed by atoms with Crippen LogP contribution in [-0.2, 0) is 6.54 Å². The maximum Gasteiger partial charge on any atom is 0.157 e. The maximum atomic E-state index is 8.73. The fourth-order valence-electron chi connectivity index (χ4n) is 1.51. The zero-order valence-electron chi connectivity index (χ0n) is 8.81. The second-order valence-electron chi connectivity index (χ2n) is 3.97. The molecule has 0 unspecified atom stereocenters. The van der Waals surface area contributed by atoms with Gasteiger partial charge in [-0.15, -0.1) is 0 Å². The molecule has 2 aromatic heterocycles. The van der Waals surface area contributed by atoms with Crippen LogP contribution < -0.4 is 0 Å². The Morgan fingerprint density at radius 1 is 1.47 bits per heavy atom. The Morgan fingerprint density at radius 2 is 2.27 bits per heavy atom. The lowest BCUT2D eigenvalue weighted by Crippen LogP contribution is -2.06. The Balaban J connectivity index is 2.48. The van der Waals surface area contributed by atoms with Crippen LogP contribution in [0.2, 0.25) is 0 Å². The molecule has 0 amide bonds. The summed E-state index contributed by atoms with van der Waals surface area (Å²) >= 11 is 0. The fourth-order valence-corrected chi connectivity index (χ4v) is 1.51. The minimum atomic E-state index is 0.533. The molecule has 0 saturated heterocycles. The van der Waals surface area contributed by atoms with Gasteiger partial charge in [0.1, 0.15) is 6.07 Å². The molecule has 4 heteroatoms. The standard InChI is InChI=1S/C11H12N4/c1-8(2)7-15-11-10(6-14-15)3-9(4-12)5-13-11/h3,5-6,8H,7H2,1-2H3. The Hall–Kier alpha value is -1.89. The average molecular weight is 200 g/mol. The van der Waals surface area contributed by atoms with Crippen molar-refractivity contribution < 1.29 is 0 Å². The Labute approximate surface area is 88.2 Å². The molecule has 0 atom stereocenters. The third-order valence-corrected chi connectivity index (χ3v) is 2.14. The third kappa shape index (κ3) is 1.82. The second kappa shape index (κ2) is 3.70. The largest absolute Gasteiger partial charge is 0.247 e. The summed E-state index contributed by atoms with van der Waals surface area (Å²) in [6, 6.07) is 3.88. The molecule has 2 rings (SSSR count). The Kier molecular flexibility index (Phi) is 2.38. The molecular weight excluding hydrogens is 188 g/mol. The van der Waals surface area contributed by atoms with Gasteiger partial charge in [-0.2, -0.15) is 10.4 Å². The highest BCUT2D eigenvalue weighted by atomic mass is 15.3. The van der Waals surface area contributed by atoms with Crippen LogP contribution in [0.1, 0.15) is 19.4 Å². The van der Waals surface area contributed by atoms with Gasteiger partial charge in [0.15, 0.2) is 5.65 Å². The van der Waals surface area contributed by atoms with Gasteiger partial charge in [0.25, 0.3) is 0 Å². The quantitative estimate of drug-likeness (QED) is 0.744. The first-order valence-corrected chi connectivity index (χ1v) is 4.92. The fraction of sp³-hybridized carbons (Fsp3) is 0.364. The number of rotatable bonds is 2.